The summed E-state index contributed by atoms with van der Waals surface area (Å²) in [6.45, 7) is 3.04. The van der Waals surface area contributed by atoms with Crippen molar-refractivity contribution in [2.24, 2.45) is 5.73 Å². The zero-order valence-electron chi connectivity index (χ0n) is 10.1. The lowest BCUT2D eigenvalue weighted by molar-refractivity contribution is 0.207. The summed E-state index contributed by atoms with van der Waals surface area (Å²) < 4.78 is 0. The lowest BCUT2D eigenvalue weighted by Gasteiger charge is -2.17. The Morgan fingerprint density at radius 1 is 1.53 bits per heavy atom. The summed E-state index contributed by atoms with van der Waals surface area (Å²) in [6, 6.07) is 7.50. The number of hydrogen-bond donors (Lipinski definition) is 2. The SMILES string of the molecule is CCNC(=O)N(C)Cc1cccc(C(N)=S)c1. The van der Waals surface area contributed by atoms with Gasteiger partial charge in [-0.05, 0) is 18.6 Å². The Kier molecular flexibility index (Phi) is 4.90. The molecule has 1 rings (SSSR count). The van der Waals surface area contributed by atoms with Gasteiger partial charge in [0.05, 0.1) is 0 Å². The predicted octanol–water partition coefficient (Wildman–Crippen LogP) is 1.48. The van der Waals surface area contributed by atoms with E-state index in [0.29, 0.717) is 18.1 Å². The summed E-state index contributed by atoms with van der Waals surface area (Å²) in [5.74, 6) is 0. The zero-order valence-corrected chi connectivity index (χ0v) is 10.9. The van der Waals surface area contributed by atoms with Crippen LogP contribution in [-0.4, -0.2) is 29.5 Å². The Morgan fingerprint density at radius 3 is 2.82 bits per heavy atom. The number of nitrogens with two attached hydrogens (primary N) is 1. The molecule has 0 unspecified atom stereocenters. The fraction of sp³-hybridized carbons (Fsp3) is 0.333. The molecule has 92 valence electrons. The molecular formula is C12H17N3OS. The van der Waals surface area contributed by atoms with Gasteiger partial charge in [-0.1, -0.05) is 30.4 Å². The molecule has 0 spiro atoms. The third-order valence-corrected chi connectivity index (χ3v) is 2.54. The Balaban J connectivity index is 2.71. The summed E-state index contributed by atoms with van der Waals surface area (Å²) in [7, 11) is 1.75. The van der Waals surface area contributed by atoms with Crippen LogP contribution in [-0.2, 0) is 6.54 Å². The van der Waals surface area contributed by atoms with Gasteiger partial charge < -0.3 is 16.0 Å². The maximum absolute atomic E-state index is 11.5. The van der Waals surface area contributed by atoms with E-state index in [1.54, 1.807) is 11.9 Å². The predicted molar refractivity (Wildman–Crippen MR) is 72.9 cm³/mol. The molecule has 0 bridgehead atoms. The number of amides is 2. The van der Waals surface area contributed by atoms with E-state index in [1.165, 1.54) is 0 Å². The van der Waals surface area contributed by atoms with Crippen LogP contribution in [0, 0.1) is 0 Å². The third-order valence-electron chi connectivity index (χ3n) is 2.31. The number of benzene rings is 1. The summed E-state index contributed by atoms with van der Waals surface area (Å²) in [4.78, 5) is 13.5. The van der Waals surface area contributed by atoms with Crippen molar-refractivity contribution in [3.05, 3.63) is 35.4 Å². The first-order chi connectivity index (χ1) is 8.04. The lowest BCUT2D eigenvalue weighted by Crippen LogP contribution is -2.36. The van der Waals surface area contributed by atoms with Crippen LogP contribution in [0.3, 0.4) is 0 Å². The van der Waals surface area contributed by atoms with E-state index in [4.69, 9.17) is 18.0 Å². The molecule has 1 aromatic rings. The van der Waals surface area contributed by atoms with E-state index in [1.807, 2.05) is 31.2 Å². The van der Waals surface area contributed by atoms with Gasteiger partial charge in [0.25, 0.3) is 0 Å². The van der Waals surface area contributed by atoms with E-state index in [2.05, 4.69) is 5.32 Å². The number of nitrogens with zero attached hydrogens (tertiary/aromatic N) is 1. The van der Waals surface area contributed by atoms with Crippen LogP contribution < -0.4 is 11.1 Å². The summed E-state index contributed by atoms with van der Waals surface area (Å²) >= 11 is 4.91. The van der Waals surface area contributed by atoms with Crippen LogP contribution >= 0.6 is 12.2 Å². The first kappa shape index (κ1) is 13.4. The van der Waals surface area contributed by atoms with E-state index >= 15 is 0 Å². The highest BCUT2D eigenvalue weighted by molar-refractivity contribution is 7.80. The van der Waals surface area contributed by atoms with Crippen LogP contribution in [0.5, 0.6) is 0 Å². The molecule has 17 heavy (non-hydrogen) atoms. The van der Waals surface area contributed by atoms with Gasteiger partial charge in [-0.15, -0.1) is 0 Å². The van der Waals surface area contributed by atoms with Gasteiger partial charge in [-0.2, -0.15) is 0 Å². The normalized spacial score (nSPS) is 9.76. The van der Waals surface area contributed by atoms with E-state index in [0.717, 1.165) is 11.1 Å². The molecular weight excluding hydrogens is 234 g/mol. The van der Waals surface area contributed by atoms with Crippen molar-refractivity contribution in [3.8, 4) is 0 Å². The lowest BCUT2D eigenvalue weighted by atomic mass is 10.1. The molecule has 3 N–H and O–H groups in total. The second-order valence-electron chi connectivity index (χ2n) is 3.76. The average molecular weight is 251 g/mol. The maximum Gasteiger partial charge on any atom is 0.317 e. The monoisotopic (exact) mass is 251 g/mol. The maximum atomic E-state index is 11.5. The Labute approximate surface area is 107 Å². The van der Waals surface area contributed by atoms with E-state index in [-0.39, 0.29) is 6.03 Å². The standard InChI is InChI=1S/C12H17N3OS/c1-3-14-12(16)15(2)8-9-5-4-6-10(7-9)11(13)17/h4-7H,3,8H2,1-2H3,(H2,13,17)(H,14,16). The van der Waals surface area contributed by atoms with Gasteiger partial charge in [0.2, 0.25) is 0 Å². The average Bonchev–Trinajstić information content (AvgIpc) is 2.29. The van der Waals surface area contributed by atoms with Crippen LogP contribution in [0.4, 0.5) is 4.79 Å². The van der Waals surface area contributed by atoms with Crippen molar-refractivity contribution in [1.82, 2.24) is 10.2 Å². The molecule has 0 fully saturated rings. The number of urea groups is 1. The minimum atomic E-state index is -0.0896. The van der Waals surface area contributed by atoms with Crippen LogP contribution in [0.25, 0.3) is 0 Å². The van der Waals surface area contributed by atoms with Gasteiger partial charge in [-0.25, -0.2) is 4.79 Å². The molecule has 2 amide bonds. The fourth-order valence-corrected chi connectivity index (χ4v) is 1.58. The topological polar surface area (TPSA) is 58.4 Å². The molecule has 0 atom stereocenters. The van der Waals surface area contributed by atoms with Crippen molar-refractivity contribution < 1.29 is 4.79 Å². The molecule has 0 aliphatic heterocycles. The summed E-state index contributed by atoms with van der Waals surface area (Å²) in [5.41, 5.74) is 7.38. The number of thiocarbonyl (C=S) groups is 1. The van der Waals surface area contributed by atoms with Gasteiger partial charge in [0.1, 0.15) is 4.99 Å². The highest BCUT2D eigenvalue weighted by atomic mass is 32.1. The number of hydrogen-bond acceptors (Lipinski definition) is 2. The van der Waals surface area contributed by atoms with Crippen LogP contribution in [0.1, 0.15) is 18.1 Å². The summed E-state index contributed by atoms with van der Waals surface area (Å²) in [6.07, 6.45) is 0. The van der Waals surface area contributed by atoms with Crippen molar-refractivity contribution in [3.63, 3.8) is 0 Å². The largest absolute Gasteiger partial charge is 0.389 e. The molecule has 0 aliphatic rings. The summed E-state index contributed by atoms with van der Waals surface area (Å²) in [5, 5.41) is 2.74. The molecule has 0 radical (unpaired) electrons. The highest BCUT2D eigenvalue weighted by Gasteiger charge is 2.07. The molecule has 0 saturated carbocycles. The zero-order chi connectivity index (χ0) is 12.8. The quantitative estimate of drug-likeness (QED) is 0.797. The van der Waals surface area contributed by atoms with E-state index in [9.17, 15) is 4.79 Å². The minimum Gasteiger partial charge on any atom is -0.389 e. The molecule has 0 saturated heterocycles. The second kappa shape index (κ2) is 6.20. The molecule has 1 aromatic carbocycles. The third kappa shape index (κ3) is 4.03. The Hall–Kier alpha value is -1.62. The minimum absolute atomic E-state index is 0.0896. The molecule has 0 aliphatic carbocycles. The molecule has 5 heteroatoms. The smallest absolute Gasteiger partial charge is 0.317 e. The second-order valence-corrected chi connectivity index (χ2v) is 4.20. The first-order valence-corrected chi connectivity index (χ1v) is 5.83. The van der Waals surface area contributed by atoms with Gasteiger partial charge in [-0.3, -0.25) is 0 Å². The van der Waals surface area contributed by atoms with Crippen LogP contribution in [0.15, 0.2) is 24.3 Å². The number of carbonyl (C=O) groups excluding carboxylic acids is 1. The van der Waals surface area contributed by atoms with Gasteiger partial charge in [0.15, 0.2) is 0 Å². The Morgan fingerprint density at radius 2 is 2.24 bits per heavy atom. The fourth-order valence-electron chi connectivity index (χ4n) is 1.45. The molecule has 4 nitrogen and oxygen atoms in total. The first-order valence-electron chi connectivity index (χ1n) is 5.42. The highest BCUT2D eigenvalue weighted by Crippen LogP contribution is 2.07. The van der Waals surface area contributed by atoms with Crippen molar-refractivity contribution in [2.45, 2.75) is 13.5 Å². The van der Waals surface area contributed by atoms with Gasteiger partial charge in [0, 0.05) is 25.7 Å². The van der Waals surface area contributed by atoms with Crippen molar-refractivity contribution in [2.75, 3.05) is 13.6 Å². The number of nitrogens with one attached hydrogen (secondary N) is 1. The van der Waals surface area contributed by atoms with E-state index < -0.39 is 0 Å². The van der Waals surface area contributed by atoms with Crippen molar-refractivity contribution >= 4 is 23.2 Å². The van der Waals surface area contributed by atoms with Gasteiger partial charge >= 0.3 is 6.03 Å². The molecule has 0 aromatic heterocycles. The Bertz CT molecular complexity index is 420. The van der Waals surface area contributed by atoms with Crippen molar-refractivity contribution in [1.29, 1.82) is 0 Å². The number of rotatable bonds is 4. The number of carbonyl (C=O) groups is 1. The van der Waals surface area contributed by atoms with Crippen LogP contribution in [0.2, 0.25) is 0 Å². The molecule has 0 heterocycles.